The molecule has 0 amide bonds. The van der Waals surface area contributed by atoms with Gasteiger partial charge in [-0.25, -0.2) is 4.79 Å². The smallest absolute Gasteiger partial charge is 0.338 e. The molecule has 4 N–H and O–H groups in total. The van der Waals surface area contributed by atoms with Crippen molar-refractivity contribution in [3.8, 4) is 0 Å². The van der Waals surface area contributed by atoms with Crippen LogP contribution in [0.5, 0.6) is 0 Å². The first-order valence-corrected chi connectivity index (χ1v) is 7.04. The number of hydrogen-bond acceptors (Lipinski definition) is 8. The molecule has 9 heteroatoms. The summed E-state index contributed by atoms with van der Waals surface area (Å²) in [6.45, 7) is -0.587. The molecule has 0 bridgehead atoms. The van der Waals surface area contributed by atoms with Crippen molar-refractivity contribution in [3.05, 3.63) is 24.3 Å². The fourth-order valence-corrected chi connectivity index (χ4v) is 2.54. The Labute approximate surface area is 114 Å². The van der Waals surface area contributed by atoms with Crippen LogP contribution in [-0.2, 0) is 23.8 Å². The van der Waals surface area contributed by atoms with Crippen LogP contribution in [0.2, 0.25) is 0 Å². The standard InChI is InChI=1S/C11H13NO7S/c12-6-1-3-7(4-2-6)20(16,17)18-5-8-9(13)10(14)11(15)19-8/h1-4,8-10,13-14H,5,12H2/t8-,9-,10-/m1/s1. The Bertz CT molecular complexity index is 598. The molecule has 2 rings (SSSR count). The number of nitrogens with two attached hydrogens (primary N) is 1. The molecule has 1 aromatic rings. The van der Waals surface area contributed by atoms with E-state index in [4.69, 9.17) is 5.73 Å². The minimum Gasteiger partial charge on any atom is -0.455 e. The predicted molar refractivity (Wildman–Crippen MR) is 65.9 cm³/mol. The second kappa shape index (κ2) is 5.37. The molecular weight excluding hydrogens is 290 g/mol. The fraction of sp³-hybridized carbons (Fsp3) is 0.364. The number of anilines is 1. The van der Waals surface area contributed by atoms with Gasteiger partial charge in [0.2, 0.25) is 0 Å². The summed E-state index contributed by atoms with van der Waals surface area (Å²) in [5.74, 6) is -1.02. The largest absolute Gasteiger partial charge is 0.455 e. The molecule has 0 radical (unpaired) electrons. The van der Waals surface area contributed by atoms with E-state index in [2.05, 4.69) is 8.92 Å². The lowest BCUT2D eigenvalue weighted by Gasteiger charge is -2.13. The molecule has 8 nitrogen and oxygen atoms in total. The van der Waals surface area contributed by atoms with Gasteiger partial charge in [-0.2, -0.15) is 8.42 Å². The third-order valence-corrected chi connectivity index (χ3v) is 4.07. The second-order valence-electron chi connectivity index (χ2n) is 4.22. The van der Waals surface area contributed by atoms with Gasteiger partial charge < -0.3 is 20.7 Å². The first kappa shape index (κ1) is 14.7. The summed E-state index contributed by atoms with van der Waals surface area (Å²) in [6.07, 6.45) is -4.45. The number of aliphatic hydroxyl groups excluding tert-OH is 2. The van der Waals surface area contributed by atoms with Gasteiger partial charge in [0, 0.05) is 5.69 Å². The molecule has 0 aliphatic carbocycles. The van der Waals surface area contributed by atoms with Crippen molar-refractivity contribution < 1.29 is 32.3 Å². The molecule has 0 unspecified atom stereocenters. The van der Waals surface area contributed by atoms with Crippen LogP contribution in [0, 0.1) is 0 Å². The number of carbonyl (C=O) groups is 1. The average Bonchev–Trinajstić information content (AvgIpc) is 2.64. The predicted octanol–water partition coefficient (Wildman–Crippen LogP) is -1.38. The molecule has 0 saturated carbocycles. The number of carbonyl (C=O) groups excluding carboxylic acids is 1. The maximum Gasteiger partial charge on any atom is 0.338 e. The normalized spacial score (nSPS) is 26.5. The minimum atomic E-state index is -4.06. The SMILES string of the molecule is Nc1ccc(S(=O)(=O)OC[C@H]2OC(=O)[C@H](O)[C@@H]2O)cc1. The Morgan fingerprint density at radius 2 is 1.85 bits per heavy atom. The van der Waals surface area contributed by atoms with Crippen molar-refractivity contribution in [1.29, 1.82) is 0 Å². The molecule has 1 aliphatic rings. The number of esters is 1. The van der Waals surface area contributed by atoms with E-state index in [9.17, 15) is 23.4 Å². The van der Waals surface area contributed by atoms with E-state index < -0.39 is 41.0 Å². The van der Waals surface area contributed by atoms with E-state index in [0.29, 0.717) is 5.69 Å². The molecule has 1 fully saturated rings. The number of aliphatic hydroxyl groups is 2. The Balaban J connectivity index is 2.03. The van der Waals surface area contributed by atoms with E-state index in [0.717, 1.165) is 0 Å². The number of nitrogen functional groups attached to an aromatic ring is 1. The van der Waals surface area contributed by atoms with Gasteiger partial charge in [-0.1, -0.05) is 0 Å². The number of rotatable bonds is 4. The van der Waals surface area contributed by atoms with E-state index >= 15 is 0 Å². The third kappa shape index (κ3) is 2.90. The zero-order valence-electron chi connectivity index (χ0n) is 10.2. The fourth-order valence-electron chi connectivity index (χ4n) is 1.62. The Morgan fingerprint density at radius 1 is 1.25 bits per heavy atom. The quantitative estimate of drug-likeness (QED) is 0.352. The first-order valence-electron chi connectivity index (χ1n) is 5.63. The molecular formula is C11H13NO7S. The monoisotopic (exact) mass is 303 g/mol. The number of ether oxygens (including phenoxy) is 1. The number of hydrogen-bond donors (Lipinski definition) is 3. The highest BCUT2D eigenvalue weighted by molar-refractivity contribution is 7.86. The van der Waals surface area contributed by atoms with Crippen molar-refractivity contribution in [2.45, 2.75) is 23.2 Å². The van der Waals surface area contributed by atoms with Gasteiger partial charge in [0.05, 0.1) is 4.90 Å². The molecule has 1 aliphatic heterocycles. The van der Waals surface area contributed by atoms with Gasteiger partial charge in [-0.05, 0) is 24.3 Å². The Morgan fingerprint density at radius 3 is 2.35 bits per heavy atom. The summed E-state index contributed by atoms with van der Waals surface area (Å²) < 4.78 is 32.9. The molecule has 20 heavy (non-hydrogen) atoms. The zero-order chi connectivity index (χ0) is 14.9. The van der Waals surface area contributed by atoms with Crippen LogP contribution in [0.4, 0.5) is 5.69 Å². The van der Waals surface area contributed by atoms with Crippen LogP contribution in [-0.4, -0.2) is 49.5 Å². The zero-order valence-corrected chi connectivity index (χ0v) is 11.0. The molecule has 1 saturated heterocycles. The minimum absolute atomic E-state index is 0.119. The van der Waals surface area contributed by atoms with Gasteiger partial charge in [0.1, 0.15) is 12.7 Å². The molecule has 110 valence electrons. The first-order chi connectivity index (χ1) is 9.31. The summed E-state index contributed by atoms with van der Waals surface area (Å²) >= 11 is 0. The molecule has 0 aromatic heterocycles. The van der Waals surface area contributed by atoms with Crippen LogP contribution in [0.3, 0.4) is 0 Å². The average molecular weight is 303 g/mol. The lowest BCUT2D eigenvalue weighted by atomic mass is 10.1. The maximum atomic E-state index is 11.8. The van der Waals surface area contributed by atoms with Crippen LogP contribution >= 0.6 is 0 Å². The molecule has 1 aromatic carbocycles. The van der Waals surface area contributed by atoms with Crippen LogP contribution in [0.1, 0.15) is 0 Å². The van der Waals surface area contributed by atoms with Crippen LogP contribution in [0.15, 0.2) is 29.2 Å². The second-order valence-corrected chi connectivity index (χ2v) is 5.83. The van der Waals surface area contributed by atoms with E-state index in [1.807, 2.05) is 0 Å². The Kier molecular flexibility index (Phi) is 3.95. The van der Waals surface area contributed by atoms with Crippen LogP contribution in [0.25, 0.3) is 0 Å². The van der Waals surface area contributed by atoms with Crippen molar-refractivity contribution in [2.24, 2.45) is 0 Å². The lowest BCUT2D eigenvalue weighted by Crippen LogP contribution is -2.34. The number of cyclic esters (lactones) is 1. The van der Waals surface area contributed by atoms with Crippen molar-refractivity contribution in [2.75, 3.05) is 12.3 Å². The van der Waals surface area contributed by atoms with Gasteiger partial charge in [0.25, 0.3) is 10.1 Å². The summed E-state index contributed by atoms with van der Waals surface area (Å²) in [7, 11) is -4.06. The van der Waals surface area contributed by atoms with Gasteiger partial charge in [-0.3, -0.25) is 4.18 Å². The van der Waals surface area contributed by atoms with E-state index in [1.54, 1.807) is 0 Å². The lowest BCUT2D eigenvalue weighted by molar-refractivity contribution is -0.148. The van der Waals surface area contributed by atoms with Gasteiger partial charge in [-0.15, -0.1) is 0 Å². The highest BCUT2D eigenvalue weighted by Gasteiger charge is 2.43. The van der Waals surface area contributed by atoms with E-state index in [1.165, 1.54) is 24.3 Å². The highest BCUT2D eigenvalue weighted by atomic mass is 32.2. The third-order valence-electron chi connectivity index (χ3n) is 2.77. The summed E-state index contributed by atoms with van der Waals surface area (Å²) in [5.41, 5.74) is 5.83. The summed E-state index contributed by atoms with van der Waals surface area (Å²) in [6, 6.07) is 5.31. The van der Waals surface area contributed by atoms with Crippen molar-refractivity contribution in [3.63, 3.8) is 0 Å². The highest BCUT2D eigenvalue weighted by Crippen LogP contribution is 2.19. The van der Waals surface area contributed by atoms with Gasteiger partial charge >= 0.3 is 5.97 Å². The summed E-state index contributed by atoms with van der Waals surface area (Å²) in [4.78, 5) is 10.9. The van der Waals surface area contributed by atoms with E-state index in [-0.39, 0.29) is 4.90 Å². The summed E-state index contributed by atoms with van der Waals surface area (Å²) in [5, 5.41) is 18.6. The Hall–Kier alpha value is -1.68. The van der Waals surface area contributed by atoms with Crippen molar-refractivity contribution >= 4 is 21.8 Å². The van der Waals surface area contributed by atoms with Crippen LogP contribution < -0.4 is 5.73 Å². The number of benzene rings is 1. The molecule has 1 heterocycles. The maximum absolute atomic E-state index is 11.8. The molecule has 3 atom stereocenters. The van der Waals surface area contributed by atoms with Gasteiger partial charge in [0.15, 0.2) is 12.2 Å². The molecule has 0 spiro atoms. The van der Waals surface area contributed by atoms with Crippen molar-refractivity contribution in [1.82, 2.24) is 0 Å². The topological polar surface area (TPSA) is 136 Å².